The number of fused-ring (bicyclic) bond motifs is 2. The van der Waals surface area contributed by atoms with Gasteiger partial charge in [0, 0.05) is 0 Å². The van der Waals surface area contributed by atoms with Crippen molar-refractivity contribution in [3.05, 3.63) is 29.3 Å². The zero-order valence-corrected chi connectivity index (χ0v) is 11.6. The van der Waals surface area contributed by atoms with Crippen LogP contribution in [0.4, 0.5) is 0 Å². The monoisotopic (exact) mass is 279 g/mol. The molecular formula is C14H17NO3S. The van der Waals surface area contributed by atoms with Crippen LogP contribution in [-0.2, 0) is 16.1 Å². The van der Waals surface area contributed by atoms with E-state index in [-0.39, 0.29) is 4.87 Å². The molecule has 0 amide bonds. The largest absolute Gasteiger partial charge is 0.497 e. The second kappa shape index (κ2) is 4.72. The molecule has 2 N–H and O–H groups in total. The predicted molar refractivity (Wildman–Crippen MR) is 74.6 cm³/mol. The molecule has 1 aromatic carbocycles. The van der Waals surface area contributed by atoms with Crippen LogP contribution in [0.2, 0.25) is 0 Å². The molecule has 19 heavy (non-hydrogen) atoms. The van der Waals surface area contributed by atoms with Gasteiger partial charge in [0.2, 0.25) is 0 Å². The summed E-state index contributed by atoms with van der Waals surface area (Å²) in [6, 6.07) is 5.67. The van der Waals surface area contributed by atoms with Crippen molar-refractivity contribution < 1.29 is 14.6 Å². The number of nitrogens with one attached hydrogen (secondary N) is 1. The van der Waals surface area contributed by atoms with Crippen LogP contribution < -0.4 is 10.1 Å². The summed E-state index contributed by atoms with van der Waals surface area (Å²) < 4.78 is 5.29. The Morgan fingerprint density at radius 2 is 2.42 bits per heavy atom. The SMILES string of the molecule is COc1ccc2c(c1)C1(CC2)NC(C(=O)O)CCS1. The Morgan fingerprint density at radius 1 is 1.58 bits per heavy atom. The molecule has 3 rings (SSSR count). The predicted octanol–water partition coefficient (Wildman–Crippen LogP) is 1.97. The highest BCUT2D eigenvalue weighted by Gasteiger charge is 2.44. The third-order valence-electron chi connectivity index (χ3n) is 3.96. The highest BCUT2D eigenvalue weighted by molar-refractivity contribution is 8.00. The van der Waals surface area contributed by atoms with Gasteiger partial charge in [0.25, 0.3) is 0 Å². The highest BCUT2D eigenvalue weighted by atomic mass is 32.2. The van der Waals surface area contributed by atoms with E-state index >= 15 is 0 Å². The number of aliphatic carboxylic acids is 1. The number of aryl methyl sites for hydroxylation is 1. The average molecular weight is 279 g/mol. The second-order valence-corrected chi connectivity index (χ2v) is 6.42. The van der Waals surface area contributed by atoms with Gasteiger partial charge in [-0.15, -0.1) is 11.8 Å². The van der Waals surface area contributed by atoms with Crippen LogP contribution in [0.5, 0.6) is 5.75 Å². The molecule has 1 aromatic rings. The van der Waals surface area contributed by atoms with E-state index in [2.05, 4.69) is 11.4 Å². The van der Waals surface area contributed by atoms with Crippen molar-refractivity contribution >= 4 is 17.7 Å². The Bertz CT molecular complexity index is 515. The topological polar surface area (TPSA) is 58.6 Å². The molecule has 1 spiro atoms. The summed E-state index contributed by atoms with van der Waals surface area (Å²) in [4.78, 5) is 11.0. The smallest absolute Gasteiger partial charge is 0.320 e. The van der Waals surface area contributed by atoms with Crippen molar-refractivity contribution in [1.82, 2.24) is 5.32 Å². The van der Waals surface area contributed by atoms with Crippen LogP contribution in [0, 0.1) is 0 Å². The summed E-state index contributed by atoms with van der Waals surface area (Å²) >= 11 is 1.83. The Morgan fingerprint density at radius 3 is 3.16 bits per heavy atom. The third kappa shape index (κ3) is 2.11. The van der Waals surface area contributed by atoms with Crippen molar-refractivity contribution in [3.63, 3.8) is 0 Å². The first kappa shape index (κ1) is 12.8. The first-order valence-electron chi connectivity index (χ1n) is 6.46. The van der Waals surface area contributed by atoms with Gasteiger partial charge >= 0.3 is 5.97 Å². The van der Waals surface area contributed by atoms with Gasteiger partial charge in [0.1, 0.15) is 11.8 Å². The molecular weight excluding hydrogens is 262 g/mol. The zero-order chi connectivity index (χ0) is 13.5. The number of thioether (sulfide) groups is 1. The Hall–Kier alpha value is -1.20. The van der Waals surface area contributed by atoms with Gasteiger partial charge in [-0.1, -0.05) is 6.07 Å². The van der Waals surface area contributed by atoms with Crippen molar-refractivity contribution in [2.24, 2.45) is 0 Å². The average Bonchev–Trinajstić information content (AvgIpc) is 2.77. The van der Waals surface area contributed by atoms with Crippen LogP contribution >= 0.6 is 11.8 Å². The number of carboxylic acids is 1. The molecule has 1 aliphatic carbocycles. The van der Waals surface area contributed by atoms with Crippen LogP contribution in [-0.4, -0.2) is 30.0 Å². The zero-order valence-electron chi connectivity index (χ0n) is 10.8. The Labute approximate surface area is 116 Å². The number of ether oxygens (including phenoxy) is 1. The molecule has 5 heteroatoms. The minimum absolute atomic E-state index is 0.245. The standard InChI is InChI=1S/C14H17NO3S/c1-18-10-3-2-9-4-6-14(11(9)8-10)15-12(13(16)17)5-7-19-14/h2-3,8,12,15H,4-7H2,1H3,(H,16,17). The maximum atomic E-state index is 11.2. The van der Waals surface area contributed by atoms with Crippen LogP contribution in [0.1, 0.15) is 24.0 Å². The number of methoxy groups -OCH3 is 1. The summed E-state index contributed by atoms with van der Waals surface area (Å²) in [7, 11) is 1.66. The number of carbonyl (C=O) groups is 1. The van der Waals surface area contributed by atoms with Gasteiger partial charge in [-0.25, -0.2) is 0 Å². The van der Waals surface area contributed by atoms with E-state index < -0.39 is 12.0 Å². The molecule has 0 bridgehead atoms. The lowest BCUT2D eigenvalue weighted by Gasteiger charge is -2.38. The molecule has 102 valence electrons. The van der Waals surface area contributed by atoms with Crippen LogP contribution in [0.15, 0.2) is 18.2 Å². The lowest BCUT2D eigenvalue weighted by atomic mass is 10.0. The molecule has 1 aliphatic heterocycles. The Balaban J connectivity index is 1.97. The number of rotatable bonds is 2. The normalized spacial score (nSPS) is 29.2. The van der Waals surface area contributed by atoms with Gasteiger partial charge in [0.05, 0.1) is 12.0 Å². The van der Waals surface area contributed by atoms with Crippen LogP contribution in [0.3, 0.4) is 0 Å². The van der Waals surface area contributed by atoms with E-state index in [1.165, 1.54) is 11.1 Å². The molecule has 1 saturated heterocycles. The molecule has 1 heterocycles. The van der Waals surface area contributed by atoms with Crippen LogP contribution in [0.25, 0.3) is 0 Å². The fraction of sp³-hybridized carbons (Fsp3) is 0.500. The molecule has 0 radical (unpaired) electrons. The molecule has 2 unspecified atom stereocenters. The van der Waals surface area contributed by atoms with Crippen molar-refractivity contribution in [2.45, 2.75) is 30.2 Å². The third-order valence-corrected chi connectivity index (χ3v) is 5.43. The molecule has 1 fully saturated rings. The summed E-state index contributed by atoms with van der Waals surface area (Å²) in [6.45, 7) is 0. The van der Waals surface area contributed by atoms with Gasteiger partial charge in [-0.2, -0.15) is 0 Å². The Kier molecular flexibility index (Phi) is 3.19. The number of carboxylic acid groups (broad SMARTS) is 1. The summed E-state index contributed by atoms with van der Waals surface area (Å²) in [6.07, 6.45) is 2.62. The minimum atomic E-state index is -0.754. The maximum absolute atomic E-state index is 11.2. The first-order chi connectivity index (χ1) is 9.14. The van der Waals surface area contributed by atoms with E-state index in [9.17, 15) is 9.90 Å². The summed E-state index contributed by atoms with van der Waals surface area (Å²) in [5.41, 5.74) is 2.50. The fourth-order valence-electron chi connectivity index (χ4n) is 2.95. The van der Waals surface area contributed by atoms with E-state index in [1.807, 2.05) is 23.9 Å². The molecule has 2 aliphatic rings. The van der Waals surface area contributed by atoms with Gasteiger partial charge < -0.3 is 9.84 Å². The quantitative estimate of drug-likeness (QED) is 0.867. The fourth-order valence-corrected chi connectivity index (χ4v) is 4.47. The van der Waals surface area contributed by atoms with Crippen molar-refractivity contribution in [3.8, 4) is 5.75 Å². The minimum Gasteiger partial charge on any atom is -0.497 e. The van der Waals surface area contributed by atoms with Gasteiger partial charge in [-0.3, -0.25) is 10.1 Å². The molecule has 0 aromatic heterocycles. The van der Waals surface area contributed by atoms with E-state index in [0.29, 0.717) is 6.42 Å². The summed E-state index contributed by atoms with van der Waals surface area (Å²) in [5.74, 6) is 0.955. The number of hydrogen-bond acceptors (Lipinski definition) is 4. The highest BCUT2D eigenvalue weighted by Crippen LogP contribution is 2.48. The van der Waals surface area contributed by atoms with Gasteiger partial charge in [0.15, 0.2) is 0 Å². The molecule has 2 atom stereocenters. The van der Waals surface area contributed by atoms with Gasteiger partial charge in [-0.05, 0) is 48.3 Å². The van der Waals surface area contributed by atoms with E-state index in [1.54, 1.807) is 7.11 Å². The van der Waals surface area contributed by atoms with Crippen molar-refractivity contribution in [2.75, 3.05) is 12.9 Å². The number of benzene rings is 1. The van der Waals surface area contributed by atoms with E-state index in [0.717, 1.165) is 24.3 Å². The molecule has 4 nitrogen and oxygen atoms in total. The second-order valence-electron chi connectivity index (χ2n) is 5.02. The number of hydrogen-bond donors (Lipinski definition) is 2. The molecule has 0 saturated carbocycles. The maximum Gasteiger partial charge on any atom is 0.320 e. The van der Waals surface area contributed by atoms with E-state index in [4.69, 9.17) is 4.74 Å². The lowest BCUT2D eigenvalue weighted by molar-refractivity contribution is -0.140. The first-order valence-corrected chi connectivity index (χ1v) is 7.45. The summed E-state index contributed by atoms with van der Waals surface area (Å²) in [5, 5.41) is 12.6. The van der Waals surface area contributed by atoms with Crippen molar-refractivity contribution in [1.29, 1.82) is 0 Å². The lowest BCUT2D eigenvalue weighted by Crippen LogP contribution is -2.51.